The molecule has 148 valence electrons. The Morgan fingerprint density at radius 1 is 1.00 bits per heavy atom. The molecule has 1 aromatic heterocycles. The number of nitrogens with zero attached hydrogens (tertiary/aromatic N) is 2. The summed E-state index contributed by atoms with van der Waals surface area (Å²) in [4.78, 5) is 32.5. The van der Waals surface area contributed by atoms with E-state index in [4.69, 9.17) is 4.74 Å². The Labute approximate surface area is 169 Å². The molecule has 2 N–H and O–H groups in total. The number of carbonyl (C=O) groups excluding carboxylic acids is 2. The summed E-state index contributed by atoms with van der Waals surface area (Å²) in [5, 5.41) is 5.99. The van der Waals surface area contributed by atoms with Gasteiger partial charge in [-0.05, 0) is 55.8 Å². The number of benzene rings is 2. The molecular formula is C22H22N4O3. The zero-order valence-electron chi connectivity index (χ0n) is 16.5. The summed E-state index contributed by atoms with van der Waals surface area (Å²) < 4.78 is 5.15. The Morgan fingerprint density at radius 2 is 1.69 bits per heavy atom. The number of aryl methyl sites for hydroxylation is 1. The topological polar surface area (TPSA) is 93.2 Å². The summed E-state index contributed by atoms with van der Waals surface area (Å²) in [6, 6.07) is 16.0. The average Bonchev–Trinajstić information content (AvgIpc) is 2.72. The van der Waals surface area contributed by atoms with Crippen molar-refractivity contribution in [3.05, 3.63) is 77.2 Å². The Kier molecular flexibility index (Phi) is 6.19. The lowest BCUT2D eigenvalue weighted by Crippen LogP contribution is -2.16. The molecule has 2 aromatic carbocycles. The first-order valence-corrected chi connectivity index (χ1v) is 9.09. The molecule has 0 fully saturated rings. The molecule has 0 atom stereocenters. The number of hydrogen-bond acceptors (Lipinski definition) is 6. The molecule has 0 aliphatic heterocycles. The molecule has 0 aliphatic rings. The van der Waals surface area contributed by atoms with Crippen LogP contribution >= 0.6 is 0 Å². The third kappa shape index (κ3) is 5.38. The maximum Gasteiger partial charge on any atom is 0.274 e. The second kappa shape index (κ2) is 8.97. The van der Waals surface area contributed by atoms with E-state index in [1.165, 1.54) is 6.92 Å². The van der Waals surface area contributed by atoms with Crippen molar-refractivity contribution in [3.8, 4) is 5.75 Å². The van der Waals surface area contributed by atoms with Gasteiger partial charge in [-0.3, -0.25) is 9.59 Å². The zero-order valence-corrected chi connectivity index (χ0v) is 16.5. The minimum absolute atomic E-state index is 0.0260. The summed E-state index contributed by atoms with van der Waals surface area (Å²) in [7, 11) is 1.63. The Bertz CT molecular complexity index is 1020. The van der Waals surface area contributed by atoms with Crippen LogP contribution in [0.2, 0.25) is 0 Å². The van der Waals surface area contributed by atoms with E-state index in [9.17, 15) is 9.59 Å². The van der Waals surface area contributed by atoms with E-state index in [1.54, 1.807) is 44.4 Å². The molecule has 0 bridgehead atoms. The fourth-order valence-electron chi connectivity index (χ4n) is 2.69. The van der Waals surface area contributed by atoms with Crippen molar-refractivity contribution in [2.45, 2.75) is 20.4 Å². The largest absolute Gasteiger partial charge is 0.497 e. The number of rotatable bonds is 7. The van der Waals surface area contributed by atoms with E-state index < -0.39 is 0 Å². The van der Waals surface area contributed by atoms with Gasteiger partial charge in [0.25, 0.3) is 5.91 Å². The van der Waals surface area contributed by atoms with Crippen molar-refractivity contribution in [2.75, 3.05) is 17.7 Å². The molecule has 1 amide bonds. The molecule has 0 unspecified atom stereocenters. The number of carbonyl (C=O) groups is 2. The van der Waals surface area contributed by atoms with Crippen LogP contribution in [-0.4, -0.2) is 28.8 Å². The average molecular weight is 390 g/mol. The van der Waals surface area contributed by atoms with Crippen LogP contribution in [0.25, 0.3) is 0 Å². The number of methoxy groups -OCH3 is 1. The number of anilines is 2. The lowest BCUT2D eigenvalue weighted by atomic mass is 10.1. The smallest absolute Gasteiger partial charge is 0.274 e. The Hall–Kier alpha value is -3.74. The van der Waals surface area contributed by atoms with Gasteiger partial charge >= 0.3 is 0 Å². The Balaban J connectivity index is 1.68. The first kappa shape index (κ1) is 20.0. The van der Waals surface area contributed by atoms with Gasteiger partial charge in [-0.2, -0.15) is 0 Å². The van der Waals surface area contributed by atoms with E-state index in [0.717, 1.165) is 11.3 Å². The van der Waals surface area contributed by atoms with Crippen molar-refractivity contribution in [1.29, 1.82) is 0 Å². The molecular weight excluding hydrogens is 368 g/mol. The number of Topliss-reactive ketones (excluding diaryl/α,β-unsaturated/α-hetero) is 1. The Morgan fingerprint density at radius 3 is 2.31 bits per heavy atom. The molecule has 7 heteroatoms. The van der Waals surface area contributed by atoms with Crippen LogP contribution in [0.5, 0.6) is 5.75 Å². The molecule has 3 rings (SSSR count). The normalized spacial score (nSPS) is 10.3. The monoisotopic (exact) mass is 390 g/mol. The fraction of sp³-hybridized carbons (Fsp3) is 0.182. The van der Waals surface area contributed by atoms with Gasteiger partial charge in [0.2, 0.25) is 0 Å². The highest BCUT2D eigenvalue weighted by Crippen LogP contribution is 2.15. The minimum atomic E-state index is -0.349. The second-order valence-corrected chi connectivity index (χ2v) is 6.47. The molecule has 0 saturated heterocycles. The van der Waals surface area contributed by atoms with E-state index in [2.05, 4.69) is 20.6 Å². The van der Waals surface area contributed by atoms with Crippen molar-refractivity contribution in [2.24, 2.45) is 0 Å². The van der Waals surface area contributed by atoms with Crippen molar-refractivity contribution >= 4 is 23.2 Å². The predicted molar refractivity (Wildman–Crippen MR) is 111 cm³/mol. The van der Waals surface area contributed by atoms with Gasteiger partial charge in [0, 0.05) is 23.9 Å². The first-order chi connectivity index (χ1) is 13.9. The highest BCUT2D eigenvalue weighted by atomic mass is 16.5. The maximum absolute atomic E-state index is 12.6. The number of amides is 1. The van der Waals surface area contributed by atoms with Gasteiger partial charge in [-0.15, -0.1) is 0 Å². The van der Waals surface area contributed by atoms with Crippen molar-refractivity contribution in [1.82, 2.24) is 9.97 Å². The van der Waals surface area contributed by atoms with Crippen molar-refractivity contribution in [3.63, 3.8) is 0 Å². The fourth-order valence-corrected chi connectivity index (χ4v) is 2.69. The highest BCUT2D eigenvalue weighted by molar-refractivity contribution is 6.03. The number of ketones is 1. The summed E-state index contributed by atoms with van der Waals surface area (Å²) >= 11 is 0. The molecule has 3 aromatic rings. The second-order valence-electron chi connectivity index (χ2n) is 6.47. The number of hydrogen-bond donors (Lipinski definition) is 2. The van der Waals surface area contributed by atoms with Crippen LogP contribution < -0.4 is 15.4 Å². The minimum Gasteiger partial charge on any atom is -0.497 e. The number of aromatic nitrogens is 2. The lowest BCUT2D eigenvalue weighted by Gasteiger charge is -2.10. The van der Waals surface area contributed by atoms with Gasteiger partial charge in [-0.25, -0.2) is 9.97 Å². The van der Waals surface area contributed by atoms with Crippen LogP contribution in [-0.2, 0) is 6.54 Å². The van der Waals surface area contributed by atoms with Gasteiger partial charge in [0.15, 0.2) is 5.78 Å². The van der Waals surface area contributed by atoms with Gasteiger partial charge in [0.1, 0.15) is 23.1 Å². The molecule has 0 spiro atoms. The van der Waals surface area contributed by atoms with Crippen LogP contribution in [0.1, 0.15) is 39.2 Å². The summed E-state index contributed by atoms with van der Waals surface area (Å²) in [6.07, 6.45) is 0. The van der Waals surface area contributed by atoms with E-state index in [1.807, 2.05) is 24.3 Å². The standard InChI is InChI=1S/C22H22N4O3/c1-14(27)17-6-8-18(9-7-17)26-22(28)20-12-21(25-15(2)24-20)23-13-16-4-10-19(29-3)11-5-16/h4-12H,13H2,1-3H3,(H,26,28)(H,23,24,25). The molecule has 0 aliphatic carbocycles. The molecule has 7 nitrogen and oxygen atoms in total. The predicted octanol–water partition coefficient (Wildman–Crippen LogP) is 3.86. The highest BCUT2D eigenvalue weighted by Gasteiger charge is 2.11. The van der Waals surface area contributed by atoms with E-state index in [-0.39, 0.29) is 17.4 Å². The van der Waals surface area contributed by atoms with Crippen molar-refractivity contribution < 1.29 is 14.3 Å². The van der Waals surface area contributed by atoms with Crippen LogP contribution in [0, 0.1) is 6.92 Å². The van der Waals surface area contributed by atoms with Crippen LogP contribution in [0.3, 0.4) is 0 Å². The number of nitrogens with one attached hydrogen (secondary N) is 2. The first-order valence-electron chi connectivity index (χ1n) is 9.09. The number of ether oxygens (including phenoxy) is 1. The summed E-state index contributed by atoms with van der Waals surface area (Å²) in [5.41, 5.74) is 2.49. The molecule has 29 heavy (non-hydrogen) atoms. The summed E-state index contributed by atoms with van der Waals surface area (Å²) in [6.45, 7) is 3.78. The third-order valence-corrected chi connectivity index (χ3v) is 4.25. The molecule has 0 radical (unpaired) electrons. The third-order valence-electron chi connectivity index (χ3n) is 4.25. The van der Waals surface area contributed by atoms with Gasteiger partial charge in [0.05, 0.1) is 7.11 Å². The van der Waals surface area contributed by atoms with Gasteiger partial charge < -0.3 is 15.4 Å². The maximum atomic E-state index is 12.6. The zero-order chi connectivity index (χ0) is 20.8. The summed E-state index contributed by atoms with van der Waals surface area (Å²) in [5.74, 6) is 1.47. The molecule has 1 heterocycles. The lowest BCUT2D eigenvalue weighted by molar-refractivity contribution is 0.101. The SMILES string of the molecule is COc1ccc(CNc2cc(C(=O)Nc3ccc(C(C)=O)cc3)nc(C)n2)cc1. The van der Waals surface area contributed by atoms with Crippen LogP contribution in [0.4, 0.5) is 11.5 Å². The molecule has 0 saturated carbocycles. The quantitative estimate of drug-likeness (QED) is 0.595. The van der Waals surface area contributed by atoms with Crippen LogP contribution in [0.15, 0.2) is 54.6 Å². The van der Waals surface area contributed by atoms with E-state index >= 15 is 0 Å². The van der Waals surface area contributed by atoms with Gasteiger partial charge in [-0.1, -0.05) is 12.1 Å². The van der Waals surface area contributed by atoms with E-state index in [0.29, 0.717) is 29.4 Å².